The molecule has 1 aliphatic heterocycles. The van der Waals surface area contributed by atoms with Gasteiger partial charge in [0, 0.05) is 25.7 Å². The van der Waals surface area contributed by atoms with Crippen LogP contribution < -0.4 is 9.80 Å². The van der Waals surface area contributed by atoms with E-state index in [4.69, 9.17) is 5.11 Å². The van der Waals surface area contributed by atoms with Crippen molar-refractivity contribution in [3.05, 3.63) is 18.3 Å². The Morgan fingerprint density at radius 1 is 1.41 bits per heavy atom. The van der Waals surface area contributed by atoms with Crippen molar-refractivity contribution in [1.82, 2.24) is 4.98 Å². The summed E-state index contributed by atoms with van der Waals surface area (Å²) < 4.78 is 0. The van der Waals surface area contributed by atoms with Crippen LogP contribution in [-0.2, 0) is 4.79 Å². The number of aliphatic carboxylic acids is 1. The number of carbonyl (C=O) groups is 1. The topological polar surface area (TPSA) is 56.7 Å². The highest BCUT2D eigenvalue weighted by Crippen LogP contribution is 2.24. The molecule has 1 fully saturated rings. The van der Waals surface area contributed by atoms with Gasteiger partial charge >= 0.3 is 5.97 Å². The highest BCUT2D eigenvalue weighted by molar-refractivity contribution is 5.67. The number of carboxylic acids is 1. The molecule has 1 N–H and O–H groups in total. The predicted octanol–water partition coefficient (Wildman–Crippen LogP) is 3.01. The molecule has 1 saturated heterocycles. The Balaban J connectivity index is 2.04. The van der Waals surface area contributed by atoms with Crippen LogP contribution in [0.2, 0.25) is 0 Å². The molecule has 0 radical (unpaired) electrons. The summed E-state index contributed by atoms with van der Waals surface area (Å²) in [7, 11) is 0. The molecular weight excluding hydrogens is 278 g/mol. The van der Waals surface area contributed by atoms with Gasteiger partial charge in [-0.05, 0) is 44.7 Å². The van der Waals surface area contributed by atoms with Crippen LogP contribution in [0.25, 0.3) is 0 Å². The molecule has 0 saturated carbocycles. The third kappa shape index (κ3) is 4.36. The maximum atomic E-state index is 10.8. The number of hydrogen-bond acceptors (Lipinski definition) is 4. The molecule has 5 nitrogen and oxygen atoms in total. The quantitative estimate of drug-likeness (QED) is 0.875. The molecule has 122 valence electrons. The van der Waals surface area contributed by atoms with Gasteiger partial charge in [0.05, 0.1) is 18.3 Å². The van der Waals surface area contributed by atoms with E-state index in [9.17, 15) is 4.79 Å². The first-order valence-electron chi connectivity index (χ1n) is 8.17. The number of anilines is 2. The number of pyridine rings is 1. The zero-order chi connectivity index (χ0) is 16.1. The van der Waals surface area contributed by atoms with E-state index in [0.717, 1.165) is 30.5 Å². The Hall–Kier alpha value is -1.78. The third-order valence-electron chi connectivity index (χ3n) is 4.36. The summed E-state index contributed by atoms with van der Waals surface area (Å²) in [6, 6.07) is 4.37. The summed E-state index contributed by atoms with van der Waals surface area (Å²) in [4.78, 5) is 19.8. The van der Waals surface area contributed by atoms with Crippen molar-refractivity contribution in [2.45, 2.75) is 46.1 Å². The van der Waals surface area contributed by atoms with Crippen molar-refractivity contribution in [2.24, 2.45) is 5.92 Å². The lowest BCUT2D eigenvalue weighted by molar-refractivity contribution is -0.136. The molecule has 0 spiro atoms. The monoisotopic (exact) mass is 305 g/mol. The van der Waals surface area contributed by atoms with Gasteiger partial charge in [-0.25, -0.2) is 4.98 Å². The van der Waals surface area contributed by atoms with Gasteiger partial charge in [-0.1, -0.05) is 6.92 Å². The van der Waals surface area contributed by atoms with Crippen molar-refractivity contribution in [3.8, 4) is 0 Å². The maximum Gasteiger partial charge on any atom is 0.305 e. The number of hydrogen-bond donors (Lipinski definition) is 1. The number of carboxylic acid groups (broad SMARTS) is 1. The van der Waals surface area contributed by atoms with Crippen molar-refractivity contribution in [1.29, 1.82) is 0 Å². The molecule has 0 bridgehead atoms. The van der Waals surface area contributed by atoms with Crippen molar-refractivity contribution in [3.63, 3.8) is 0 Å². The normalized spacial score (nSPS) is 16.1. The lowest BCUT2D eigenvalue weighted by Gasteiger charge is -2.32. The minimum atomic E-state index is -0.766. The van der Waals surface area contributed by atoms with Crippen LogP contribution in [0.15, 0.2) is 18.3 Å². The van der Waals surface area contributed by atoms with Gasteiger partial charge in [-0.15, -0.1) is 0 Å². The lowest BCUT2D eigenvalue weighted by atomic mass is 9.99. The number of aromatic nitrogens is 1. The molecule has 0 amide bonds. The van der Waals surface area contributed by atoms with E-state index in [1.165, 1.54) is 12.8 Å². The van der Waals surface area contributed by atoms with Gasteiger partial charge < -0.3 is 14.9 Å². The van der Waals surface area contributed by atoms with Gasteiger partial charge in [0.25, 0.3) is 0 Å². The summed E-state index contributed by atoms with van der Waals surface area (Å²) >= 11 is 0. The van der Waals surface area contributed by atoms with E-state index in [1.54, 1.807) is 0 Å². The van der Waals surface area contributed by atoms with Gasteiger partial charge in [0.1, 0.15) is 5.82 Å². The summed E-state index contributed by atoms with van der Waals surface area (Å²) in [5.74, 6) is 1.07. The first kappa shape index (κ1) is 16.6. The second-order valence-electron chi connectivity index (χ2n) is 6.48. The predicted molar refractivity (Wildman–Crippen MR) is 89.6 cm³/mol. The van der Waals surface area contributed by atoms with Crippen LogP contribution in [0.3, 0.4) is 0 Å². The first-order chi connectivity index (χ1) is 10.5. The van der Waals surface area contributed by atoms with Crippen molar-refractivity contribution >= 4 is 17.5 Å². The Morgan fingerprint density at radius 2 is 2.09 bits per heavy atom. The van der Waals surface area contributed by atoms with E-state index in [-0.39, 0.29) is 12.5 Å². The zero-order valence-electron chi connectivity index (χ0n) is 13.8. The number of nitrogens with zero attached hydrogens (tertiary/aromatic N) is 3. The van der Waals surface area contributed by atoms with E-state index >= 15 is 0 Å². The molecule has 22 heavy (non-hydrogen) atoms. The second-order valence-corrected chi connectivity index (χ2v) is 6.48. The van der Waals surface area contributed by atoms with Crippen LogP contribution >= 0.6 is 0 Å². The molecule has 1 aromatic rings. The molecule has 0 aliphatic carbocycles. The molecule has 1 aliphatic rings. The molecular formula is C17H27N3O2. The standard InChI is InChI=1S/C17H27N3O2/c1-13(2)20(11-8-17(21)22)15-4-5-16(18-12-15)19-9-6-14(3)7-10-19/h4-5,12-14H,6-11H2,1-3H3,(H,21,22). The molecule has 0 unspecified atom stereocenters. The van der Waals surface area contributed by atoms with E-state index in [0.29, 0.717) is 6.54 Å². The van der Waals surface area contributed by atoms with Gasteiger partial charge in [-0.2, -0.15) is 0 Å². The Labute approximate surface area is 132 Å². The van der Waals surface area contributed by atoms with Gasteiger partial charge in [-0.3, -0.25) is 4.79 Å². The Kier molecular flexibility index (Phi) is 5.63. The average Bonchev–Trinajstić information content (AvgIpc) is 2.48. The third-order valence-corrected chi connectivity index (χ3v) is 4.36. The maximum absolute atomic E-state index is 10.8. The highest BCUT2D eigenvalue weighted by atomic mass is 16.4. The Bertz CT molecular complexity index is 479. The summed E-state index contributed by atoms with van der Waals surface area (Å²) in [5.41, 5.74) is 0.991. The van der Waals surface area contributed by atoms with E-state index in [2.05, 4.69) is 47.7 Å². The SMILES string of the molecule is CC1CCN(c2ccc(N(CCC(=O)O)C(C)C)cn2)CC1. The Morgan fingerprint density at radius 3 is 2.59 bits per heavy atom. The molecule has 1 aromatic heterocycles. The van der Waals surface area contributed by atoms with E-state index in [1.807, 2.05) is 6.20 Å². The fourth-order valence-corrected chi connectivity index (χ4v) is 2.87. The van der Waals surface area contributed by atoms with Gasteiger partial charge in [0.2, 0.25) is 0 Å². The zero-order valence-corrected chi connectivity index (χ0v) is 13.8. The molecule has 0 atom stereocenters. The van der Waals surface area contributed by atoms with Crippen molar-refractivity contribution in [2.75, 3.05) is 29.4 Å². The van der Waals surface area contributed by atoms with Crippen LogP contribution in [0.4, 0.5) is 11.5 Å². The van der Waals surface area contributed by atoms with Crippen LogP contribution in [-0.4, -0.2) is 41.7 Å². The minimum absolute atomic E-state index is 0.143. The average molecular weight is 305 g/mol. The van der Waals surface area contributed by atoms with Gasteiger partial charge in [0.15, 0.2) is 0 Å². The fourth-order valence-electron chi connectivity index (χ4n) is 2.87. The summed E-state index contributed by atoms with van der Waals surface area (Å²) in [6.07, 6.45) is 4.46. The van der Waals surface area contributed by atoms with Crippen LogP contribution in [0.5, 0.6) is 0 Å². The number of piperidine rings is 1. The van der Waals surface area contributed by atoms with Crippen LogP contribution in [0, 0.1) is 5.92 Å². The minimum Gasteiger partial charge on any atom is -0.481 e. The number of rotatable bonds is 6. The molecule has 0 aromatic carbocycles. The summed E-state index contributed by atoms with van der Waals surface area (Å²) in [5, 5.41) is 8.88. The first-order valence-corrected chi connectivity index (χ1v) is 8.17. The smallest absolute Gasteiger partial charge is 0.305 e. The molecule has 5 heteroatoms. The lowest BCUT2D eigenvalue weighted by Crippen LogP contribution is -2.34. The fraction of sp³-hybridized carbons (Fsp3) is 0.647. The largest absolute Gasteiger partial charge is 0.481 e. The van der Waals surface area contributed by atoms with Crippen LogP contribution in [0.1, 0.15) is 40.0 Å². The van der Waals surface area contributed by atoms with E-state index < -0.39 is 5.97 Å². The second kappa shape index (κ2) is 7.47. The molecule has 2 heterocycles. The summed E-state index contributed by atoms with van der Waals surface area (Å²) in [6.45, 7) is 9.09. The molecule has 2 rings (SSSR count). The van der Waals surface area contributed by atoms with Crippen molar-refractivity contribution < 1.29 is 9.90 Å². The highest BCUT2D eigenvalue weighted by Gasteiger charge is 2.18.